The van der Waals surface area contributed by atoms with Gasteiger partial charge in [-0.25, -0.2) is 4.98 Å². The SMILES string of the molecule is c1ccc(COc2ccc(-c3ccncc3)cn2)cc1. The van der Waals surface area contributed by atoms with Crippen molar-refractivity contribution in [2.45, 2.75) is 6.61 Å². The van der Waals surface area contributed by atoms with E-state index in [1.165, 1.54) is 0 Å². The molecule has 0 amide bonds. The smallest absolute Gasteiger partial charge is 0.213 e. The molecule has 2 heterocycles. The average molecular weight is 262 g/mol. The van der Waals surface area contributed by atoms with Crippen LogP contribution >= 0.6 is 0 Å². The first-order valence-electron chi connectivity index (χ1n) is 6.45. The zero-order chi connectivity index (χ0) is 13.6. The molecule has 0 bridgehead atoms. The predicted molar refractivity (Wildman–Crippen MR) is 78.2 cm³/mol. The Labute approximate surface area is 117 Å². The van der Waals surface area contributed by atoms with E-state index < -0.39 is 0 Å². The van der Waals surface area contributed by atoms with Gasteiger partial charge >= 0.3 is 0 Å². The molecule has 0 aliphatic carbocycles. The van der Waals surface area contributed by atoms with Gasteiger partial charge in [-0.15, -0.1) is 0 Å². The molecule has 98 valence electrons. The molecule has 0 fully saturated rings. The van der Waals surface area contributed by atoms with Gasteiger partial charge in [0.1, 0.15) is 6.61 Å². The van der Waals surface area contributed by atoms with Gasteiger partial charge in [0.25, 0.3) is 0 Å². The standard InChI is InChI=1S/C17H14N2O/c1-2-4-14(5-3-1)13-20-17-7-6-16(12-19-17)15-8-10-18-11-9-15/h1-12H,13H2. The Hall–Kier alpha value is -2.68. The first-order chi connectivity index (χ1) is 9.92. The normalized spacial score (nSPS) is 10.2. The molecule has 0 atom stereocenters. The summed E-state index contributed by atoms with van der Waals surface area (Å²) < 4.78 is 5.66. The van der Waals surface area contributed by atoms with Crippen LogP contribution in [0.1, 0.15) is 5.56 Å². The van der Waals surface area contributed by atoms with Gasteiger partial charge in [-0.05, 0) is 29.3 Å². The lowest BCUT2D eigenvalue weighted by Gasteiger charge is -2.06. The molecule has 0 N–H and O–H groups in total. The Morgan fingerprint density at radius 3 is 2.30 bits per heavy atom. The molecule has 3 heteroatoms. The van der Waals surface area contributed by atoms with Crippen LogP contribution in [0.3, 0.4) is 0 Å². The highest BCUT2D eigenvalue weighted by molar-refractivity contribution is 5.61. The maximum absolute atomic E-state index is 5.66. The second-order valence-corrected chi connectivity index (χ2v) is 4.40. The minimum atomic E-state index is 0.530. The molecule has 3 nitrogen and oxygen atoms in total. The number of pyridine rings is 2. The zero-order valence-corrected chi connectivity index (χ0v) is 10.9. The molecular weight excluding hydrogens is 248 g/mol. The monoisotopic (exact) mass is 262 g/mol. The summed E-state index contributed by atoms with van der Waals surface area (Å²) in [5.41, 5.74) is 3.29. The summed E-state index contributed by atoms with van der Waals surface area (Å²) >= 11 is 0. The largest absolute Gasteiger partial charge is 0.473 e. The van der Waals surface area contributed by atoms with E-state index in [4.69, 9.17) is 4.74 Å². The van der Waals surface area contributed by atoms with Crippen LogP contribution in [-0.4, -0.2) is 9.97 Å². The molecule has 3 aromatic rings. The molecule has 0 radical (unpaired) electrons. The first-order valence-corrected chi connectivity index (χ1v) is 6.45. The van der Waals surface area contributed by atoms with Crippen LogP contribution < -0.4 is 4.74 Å². The highest BCUT2D eigenvalue weighted by Crippen LogP contribution is 2.19. The molecule has 2 aromatic heterocycles. The third-order valence-corrected chi connectivity index (χ3v) is 2.98. The van der Waals surface area contributed by atoms with Crippen LogP contribution in [0.5, 0.6) is 5.88 Å². The fourth-order valence-electron chi connectivity index (χ4n) is 1.91. The number of ether oxygens (including phenoxy) is 1. The van der Waals surface area contributed by atoms with Crippen LogP contribution in [0, 0.1) is 0 Å². The number of aromatic nitrogens is 2. The van der Waals surface area contributed by atoms with Gasteiger partial charge in [-0.2, -0.15) is 0 Å². The molecule has 1 aromatic carbocycles. The third-order valence-electron chi connectivity index (χ3n) is 2.98. The van der Waals surface area contributed by atoms with Gasteiger partial charge < -0.3 is 4.74 Å². The molecule has 0 unspecified atom stereocenters. The quantitative estimate of drug-likeness (QED) is 0.718. The number of benzene rings is 1. The summed E-state index contributed by atoms with van der Waals surface area (Å²) in [4.78, 5) is 8.33. The van der Waals surface area contributed by atoms with Gasteiger partial charge in [-0.3, -0.25) is 4.98 Å². The Bertz CT molecular complexity index is 652. The van der Waals surface area contributed by atoms with E-state index in [0.29, 0.717) is 12.5 Å². The number of hydrogen-bond donors (Lipinski definition) is 0. The van der Waals surface area contributed by atoms with Gasteiger partial charge in [0, 0.05) is 30.2 Å². The first kappa shape index (κ1) is 12.4. The number of rotatable bonds is 4. The lowest BCUT2D eigenvalue weighted by molar-refractivity contribution is 0.294. The Balaban J connectivity index is 1.68. The average Bonchev–Trinajstić information content (AvgIpc) is 2.55. The summed E-state index contributed by atoms with van der Waals surface area (Å²) in [5, 5.41) is 0. The van der Waals surface area contributed by atoms with E-state index in [9.17, 15) is 0 Å². The summed E-state index contributed by atoms with van der Waals surface area (Å²) in [5.74, 6) is 0.631. The highest BCUT2D eigenvalue weighted by Gasteiger charge is 2.00. The molecule has 20 heavy (non-hydrogen) atoms. The minimum Gasteiger partial charge on any atom is -0.473 e. The number of hydrogen-bond acceptors (Lipinski definition) is 3. The Morgan fingerprint density at radius 1 is 0.800 bits per heavy atom. The van der Waals surface area contributed by atoms with E-state index in [2.05, 4.69) is 9.97 Å². The van der Waals surface area contributed by atoms with Crippen molar-refractivity contribution in [3.8, 4) is 17.0 Å². The summed E-state index contributed by atoms with van der Waals surface area (Å²) in [6.07, 6.45) is 5.36. The van der Waals surface area contributed by atoms with Crippen LogP contribution in [0.15, 0.2) is 73.2 Å². The highest BCUT2D eigenvalue weighted by atomic mass is 16.5. The minimum absolute atomic E-state index is 0.530. The van der Waals surface area contributed by atoms with Crippen molar-refractivity contribution in [3.05, 3.63) is 78.8 Å². The third kappa shape index (κ3) is 3.01. The zero-order valence-electron chi connectivity index (χ0n) is 10.9. The predicted octanol–water partition coefficient (Wildman–Crippen LogP) is 3.72. The lowest BCUT2D eigenvalue weighted by atomic mass is 10.1. The van der Waals surface area contributed by atoms with E-state index in [-0.39, 0.29) is 0 Å². The van der Waals surface area contributed by atoms with Crippen molar-refractivity contribution in [1.29, 1.82) is 0 Å². The molecule has 0 aliphatic heterocycles. The van der Waals surface area contributed by atoms with E-state index in [0.717, 1.165) is 16.7 Å². The second-order valence-electron chi connectivity index (χ2n) is 4.40. The van der Waals surface area contributed by atoms with Gasteiger partial charge in [-0.1, -0.05) is 30.3 Å². The van der Waals surface area contributed by atoms with Crippen molar-refractivity contribution in [1.82, 2.24) is 9.97 Å². The molecular formula is C17H14N2O. The maximum Gasteiger partial charge on any atom is 0.213 e. The van der Waals surface area contributed by atoms with E-state index in [1.54, 1.807) is 12.4 Å². The van der Waals surface area contributed by atoms with E-state index >= 15 is 0 Å². The van der Waals surface area contributed by atoms with Crippen LogP contribution in [0.25, 0.3) is 11.1 Å². The maximum atomic E-state index is 5.66. The fraction of sp³-hybridized carbons (Fsp3) is 0.0588. The second kappa shape index (κ2) is 5.97. The van der Waals surface area contributed by atoms with Crippen molar-refractivity contribution in [2.24, 2.45) is 0 Å². The van der Waals surface area contributed by atoms with E-state index in [1.807, 2.05) is 60.8 Å². The fourth-order valence-corrected chi connectivity index (χ4v) is 1.91. The van der Waals surface area contributed by atoms with Crippen molar-refractivity contribution in [2.75, 3.05) is 0 Å². The molecule has 0 aliphatic rings. The van der Waals surface area contributed by atoms with Crippen molar-refractivity contribution in [3.63, 3.8) is 0 Å². The summed E-state index contributed by atoms with van der Waals surface area (Å²) in [7, 11) is 0. The topological polar surface area (TPSA) is 35.0 Å². The van der Waals surface area contributed by atoms with Gasteiger partial charge in [0.2, 0.25) is 5.88 Å². The van der Waals surface area contributed by atoms with Crippen LogP contribution in [0.2, 0.25) is 0 Å². The Kier molecular flexibility index (Phi) is 3.69. The van der Waals surface area contributed by atoms with Gasteiger partial charge in [0.15, 0.2) is 0 Å². The Morgan fingerprint density at radius 2 is 1.60 bits per heavy atom. The summed E-state index contributed by atoms with van der Waals surface area (Å²) in [6.45, 7) is 0.530. The van der Waals surface area contributed by atoms with Crippen molar-refractivity contribution < 1.29 is 4.74 Å². The summed E-state index contributed by atoms with van der Waals surface area (Å²) in [6, 6.07) is 17.9. The molecule has 0 spiro atoms. The molecule has 0 saturated heterocycles. The van der Waals surface area contributed by atoms with Gasteiger partial charge in [0.05, 0.1) is 0 Å². The van der Waals surface area contributed by atoms with Crippen LogP contribution in [0.4, 0.5) is 0 Å². The number of nitrogens with zero attached hydrogens (tertiary/aromatic N) is 2. The molecule has 0 saturated carbocycles. The molecule has 3 rings (SSSR count). The lowest BCUT2D eigenvalue weighted by Crippen LogP contribution is -1.96. The van der Waals surface area contributed by atoms with Crippen LogP contribution in [-0.2, 0) is 6.61 Å². The van der Waals surface area contributed by atoms with Crippen molar-refractivity contribution >= 4 is 0 Å².